The average molecular weight is 283 g/mol. The number of carbonyl (C=O) groups excluding carboxylic acids is 1. The zero-order valence-electron chi connectivity index (χ0n) is 5.73. The number of allylic oxidation sites excluding steroid dienone is 2. The van der Waals surface area contributed by atoms with Crippen LogP contribution in [0.2, 0.25) is 0 Å². The minimum absolute atomic E-state index is 0.130. The smallest absolute Gasteiger partial charge is 0.172 e. The molecule has 0 saturated carbocycles. The average Bonchev–Trinajstić information content (AvgIpc) is 2.03. The van der Waals surface area contributed by atoms with Crippen molar-refractivity contribution < 1.29 is 4.79 Å². The van der Waals surface area contributed by atoms with Gasteiger partial charge in [0.1, 0.15) is 5.16 Å². The largest absolute Gasteiger partial charge is 0.372 e. The van der Waals surface area contributed by atoms with Crippen molar-refractivity contribution in [2.24, 2.45) is 0 Å². The summed E-state index contributed by atoms with van der Waals surface area (Å²) < 4.78 is 0.504. The zero-order valence-corrected chi connectivity index (χ0v) is 8.65. The van der Waals surface area contributed by atoms with E-state index in [0.717, 1.165) is 0 Å². The van der Waals surface area contributed by atoms with Crippen LogP contribution in [0.4, 0.5) is 0 Å². The summed E-state index contributed by atoms with van der Waals surface area (Å²) in [5.74, 6) is 0.130. The molecule has 0 aromatic heterocycles. The Hall–Kier alpha value is -0.0300. The Morgan fingerprint density at radius 2 is 2.55 bits per heavy atom. The predicted octanol–water partition coefficient (Wildman–Crippen LogP) is 1.60. The van der Waals surface area contributed by atoms with Gasteiger partial charge < -0.3 is 5.32 Å². The molecule has 0 fully saturated rings. The maximum atomic E-state index is 11.1. The summed E-state index contributed by atoms with van der Waals surface area (Å²) in [6.07, 6.45) is 3.50. The van der Waals surface area contributed by atoms with Crippen LogP contribution in [0.25, 0.3) is 0 Å². The molecule has 1 rings (SSSR count). The Labute approximate surface area is 83.8 Å². The lowest BCUT2D eigenvalue weighted by molar-refractivity contribution is -0.112. The lowest BCUT2D eigenvalue weighted by atomic mass is 10.1. The Bertz CT molecular complexity index is 235. The van der Waals surface area contributed by atoms with Crippen LogP contribution in [0.5, 0.6) is 0 Å². The van der Waals surface area contributed by atoms with Gasteiger partial charge in [-0.3, -0.25) is 4.79 Å². The molecule has 2 nitrogen and oxygen atoms in total. The van der Waals surface area contributed by atoms with E-state index in [1.807, 2.05) is 28.7 Å². The van der Waals surface area contributed by atoms with Crippen LogP contribution in [0.1, 0.15) is 0 Å². The predicted molar refractivity (Wildman–Crippen MR) is 53.9 cm³/mol. The summed E-state index contributed by atoms with van der Waals surface area (Å²) >= 11 is 7.71. The van der Waals surface area contributed by atoms with Crippen molar-refractivity contribution in [3.05, 3.63) is 22.9 Å². The van der Waals surface area contributed by atoms with Gasteiger partial charge in [0.2, 0.25) is 0 Å². The van der Waals surface area contributed by atoms with E-state index in [9.17, 15) is 4.79 Å². The van der Waals surface area contributed by atoms with Gasteiger partial charge in [-0.15, -0.1) is 0 Å². The van der Waals surface area contributed by atoms with Crippen molar-refractivity contribution >= 4 is 40.0 Å². The van der Waals surface area contributed by atoms with Gasteiger partial charge >= 0.3 is 0 Å². The van der Waals surface area contributed by atoms with Crippen LogP contribution in [0.15, 0.2) is 22.9 Å². The third-order valence-corrected chi connectivity index (χ3v) is 2.25. The van der Waals surface area contributed by atoms with Gasteiger partial charge in [-0.2, -0.15) is 0 Å². The fraction of sp³-hybridized carbons (Fsp3) is 0.286. The maximum absolute atomic E-state index is 11.1. The minimum Gasteiger partial charge on any atom is -0.372 e. The number of nitrogens with one attached hydrogen (secondary N) is 1. The Balaban J connectivity index is 2.73. The molecule has 0 radical (unpaired) electrons. The highest BCUT2D eigenvalue weighted by Gasteiger charge is 2.08. The molecule has 0 aromatic rings. The molecule has 1 N–H and O–H groups in total. The van der Waals surface area contributed by atoms with E-state index in [-0.39, 0.29) is 5.78 Å². The molecule has 4 heteroatoms. The van der Waals surface area contributed by atoms with Crippen molar-refractivity contribution in [1.82, 2.24) is 5.32 Å². The van der Waals surface area contributed by atoms with E-state index in [4.69, 9.17) is 11.6 Å². The fourth-order valence-electron chi connectivity index (χ4n) is 0.776. The van der Waals surface area contributed by atoms with Crippen molar-refractivity contribution in [2.75, 3.05) is 11.0 Å². The van der Waals surface area contributed by atoms with E-state index in [2.05, 4.69) is 5.32 Å². The first-order valence-corrected chi connectivity index (χ1v) is 5.05. The van der Waals surface area contributed by atoms with Gasteiger partial charge in [0.25, 0.3) is 0 Å². The van der Waals surface area contributed by atoms with Crippen LogP contribution in [-0.4, -0.2) is 16.8 Å². The monoisotopic (exact) mass is 283 g/mol. The van der Waals surface area contributed by atoms with E-state index >= 15 is 0 Å². The summed E-state index contributed by atoms with van der Waals surface area (Å²) in [4.78, 5) is 11.1. The lowest BCUT2D eigenvalue weighted by Gasteiger charge is -2.08. The van der Waals surface area contributed by atoms with E-state index in [1.165, 1.54) is 0 Å². The van der Waals surface area contributed by atoms with E-state index in [0.29, 0.717) is 21.7 Å². The second-order valence-electron chi connectivity index (χ2n) is 2.09. The second kappa shape index (κ2) is 4.11. The molecular weight excluding hydrogens is 276 g/mol. The molecule has 0 amide bonds. The molecule has 1 aliphatic heterocycles. The number of rotatable bonds is 2. The third kappa shape index (κ3) is 2.48. The SMILES string of the molecule is O=C(CI)C1=CCNC(Cl)=C1. The highest BCUT2D eigenvalue weighted by atomic mass is 127. The quantitative estimate of drug-likeness (QED) is 0.474. The van der Waals surface area contributed by atoms with Crippen LogP contribution in [-0.2, 0) is 4.79 Å². The number of hydrogen-bond donors (Lipinski definition) is 1. The molecule has 0 aromatic carbocycles. The molecule has 11 heavy (non-hydrogen) atoms. The summed E-state index contributed by atoms with van der Waals surface area (Å²) in [7, 11) is 0. The second-order valence-corrected chi connectivity index (χ2v) is 3.26. The first kappa shape index (κ1) is 9.06. The van der Waals surface area contributed by atoms with E-state index in [1.54, 1.807) is 6.08 Å². The van der Waals surface area contributed by atoms with Gasteiger partial charge in [0, 0.05) is 12.1 Å². The fourth-order valence-corrected chi connectivity index (χ4v) is 1.41. The Morgan fingerprint density at radius 3 is 3.09 bits per heavy atom. The molecule has 60 valence electrons. The van der Waals surface area contributed by atoms with Crippen molar-refractivity contribution in [1.29, 1.82) is 0 Å². The number of halogens is 2. The van der Waals surface area contributed by atoms with Crippen LogP contribution in [0, 0.1) is 0 Å². The number of Topliss-reactive ketones (excluding diaryl/α,β-unsaturated/α-hetero) is 1. The molecule has 1 aliphatic rings. The van der Waals surface area contributed by atoms with Crippen LogP contribution in [0.3, 0.4) is 0 Å². The van der Waals surface area contributed by atoms with Crippen LogP contribution >= 0.6 is 34.2 Å². The first-order valence-electron chi connectivity index (χ1n) is 3.14. The Kier molecular flexibility index (Phi) is 3.39. The molecule has 0 aliphatic carbocycles. The standard InChI is InChI=1S/C7H7ClINO/c8-7-3-5(1-2-10-7)6(11)4-9/h1,3,10H,2,4H2. The number of dihydropyridines is 1. The summed E-state index contributed by atoms with van der Waals surface area (Å²) in [6, 6.07) is 0. The number of ketones is 1. The summed E-state index contributed by atoms with van der Waals surface area (Å²) in [5, 5.41) is 3.43. The van der Waals surface area contributed by atoms with E-state index < -0.39 is 0 Å². The molecular formula is C7H7ClINO. The highest BCUT2D eigenvalue weighted by Crippen LogP contribution is 2.10. The summed E-state index contributed by atoms with van der Waals surface area (Å²) in [6.45, 7) is 0.646. The van der Waals surface area contributed by atoms with Gasteiger partial charge in [-0.1, -0.05) is 40.3 Å². The van der Waals surface area contributed by atoms with Gasteiger partial charge in [-0.05, 0) is 6.08 Å². The maximum Gasteiger partial charge on any atom is 0.172 e. The Morgan fingerprint density at radius 1 is 1.82 bits per heavy atom. The molecule has 0 atom stereocenters. The van der Waals surface area contributed by atoms with Gasteiger partial charge in [-0.25, -0.2) is 0 Å². The van der Waals surface area contributed by atoms with Crippen molar-refractivity contribution in [3.8, 4) is 0 Å². The zero-order chi connectivity index (χ0) is 8.27. The van der Waals surface area contributed by atoms with Crippen molar-refractivity contribution in [2.45, 2.75) is 0 Å². The first-order chi connectivity index (χ1) is 5.24. The molecule has 1 heterocycles. The minimum atomic E-state index is 0.130. The molecule has 0 bridgehead atoms. The summed E-state index contributed by atoms with van der Waals surface area (Å²) in [5.41, 5.74) is 0.711. The molecule has 0 saturated heterocycles. The highest BCUT2D eigenvalue weighted by molar-refractivity contribution is 14.1. The normalized spacial score (nSPS) is 16.5. The number of hydrogen-bond acceptors (Lipinski definition) is 2. The van der Waals surface area contributed by atoms with Gasteiger partial charge in [0.05, 0.1) is 4.43 Å². The molecule has 0 spiro atoms. The van der Waals surface area contributed by atoms with Crippen LogP contribution < -0.4 is 5.32 Å². The topological polar surface area (TPSA) is 29.1 Å². The third-order valence-electron chi connectivity index (χ3n) is 1.32. The van der Waals surface area contributed by atoms with Crippen molar-refractivity contribution in [3.63, 3.8) is 0 Å². The van der Waals surface area contributed by atoms with Gasteiger partial charge in [0.15, 0.2) is 5.78 Å². The number of alkyl halides is 1. The lowest BCUT2D eigenvalue weighted by Crippen LogP contribution is -2.17. The number of carbonyl (C=O) groups is 1. The molecule has 0 unspecified atom stereocenters.